The first-order chi connectivity index (χ1) is 8.99. The van der Waals surface area contributed by atoms with Crippen molar-refractivity contribution in [3.63, 3.8) is 0 Å². The van der Waals surface area contributed by atoms with E-state index in [1.807, 2.05) is 14.0 Å². The molecule has 0 aliphatic carbocycles. The molecule has 0 aliphatic heterocycles. The van der Waals surface area contributed by atoms with E-state index < -0.39 is 0 Å². The summed E-state index contributed by atoms with van der Waals surface area (Å²) in [6.45, 7) is 6.17. The summed E-state index contributed by atoms with van der Waals surface area (Å²) in [4.78, 5) is 13.2. The number of aromatic nitrogens is 3. The van der Waals surface area contributed by atoms with Crippen LogP contribution in [-0.2, 0) is 11.8 Å². The second kappa shape index (κ2) is 5.75. The maximum absolute atomic E-state index is 11.9. The lowest BCUT2D eigenvalue weighted by molar-refractivity contribution is -0.113. The number of hydrogen-bond acceptors (Lipinski definition) is 5. The van der Waals surface area contributed by atoms with E-state index in [1.54, 1.807) is 22.2 Å². The molecule has 0 radical (unpaired) electrons. The molecule has 0 spiro atoms. The monoisotopic (exact) mass is 296 g/mol. The summed E-state index contributed by atoms with van der Waals surface area (Å²) in [6.07, 6.45) is 1.62. The largest absolute Gasteiger partial charge is 0.317 e. The van der Waals surface area contributed by atoms with Crippen LogP contribution in [0.5, 0.6) is 0 Å². The number of aryl methyl sites for hydroxylation is 2. The lowest BCUT2D eigenvalue weighted by Gasteiger charge is -2.04. The Kier molecular flexibility index (Phi) is 4.26. The normalized spacial score (nSPS) is 10.7. The number of nitrogens with zero attached hydrogens (tertiary/aromatic N) is 3. The molecule has 102 valence electrons. The molecule has 2 rings (SSSR count). The Morgan fingerprint density at radius 3 is 2.68 bits per heavy atom. The predicted octanol–water partition coefficient (Wildman–Crippen LogP) is 2.53. The first kappa shape index (κ1) is 14.1. The third-order valence-corrected chi connectivity index (χ3v) is 5.20. The van der Waals surface area contributed by atoms with Crippen molar-refractivity contribution in [2.45, 2.75) is 25.9 Å². The van der Waals surface area contributed by atoms with Crippen LogP contribution in [0.4, 0.5) is 5.00 Å². The second-order valence-electron chi connectivity index (χ2n) is 4.30. The predicted molar refractivity (Wildman–Crippen MR) is 78.9 cm³/mol. The molecular formula is C12H16N4OS2. The molecular weight excluding hydrogens is 280 g/mol. The fraction of sp³-hybridized carbons (Fsp3) is 0.417. The molecule has 0 aliphatic rings. The van der Waals surface area contributed by atoms with Crippen molar-refractivity contribution < 1.29 is 4.79 Å². The fourth-order valence-electron chi connectivity index (χ4n) is 1.56. The average Bonchev–Trinajstić information content (AvgIpc) is 2.87. The van der Waals surface area contributed by atoms with Gasteiger partial charge in [-0.2, -0.15) is 0 Å². The Balaban J connectivity index is 1.94. The van der Waals surface area contributed by atoms with Gasteiger partial charge in [-0.25, -0.2) is 0 Å². The van der Waals surface area contributed by atoms with Crippen molar-refractivity contribution in [3.05, 3.63) is 22.3 Å². The van der Waals surface area contributed by atoms with Crippen LogP contribution in [0.3, 0.4) is 0 Å². The number of amides is 1. The molecule has 0 aromatic carbocycles. The van der Waals surface area contributed by atoms with Crippen LogP contribution in [0.15, 0.2) is 11.5 Å². The minimum atomic E-state index is -0.0163. The van der Waals surface area contributed by atoms with Crippen molar-refractivity contribution in [1.82, 2.24) is 14.8 Å². The number of carbonyl (C=O) groups excluding carboxylic acids is 1. The zero-order valence-electron chi connectivity index (χ0n) is 11.4. The molecule has 0 saturated carbocycles. The van der Waals surface area contributed by atoms with Gasteiger partial charge >= 0.3 is 0 Å². The number of anilines is 1. The highest BCUT2D eigenvalue weighted by molar-refractivity contribution is 7.99. The molecule has 2 aromatic heterocycles. The standard InChI is InChI=1S/C12H16N4OS2/c1-7-8(2)11(19-9(7)3)14-10(17)5-18-12-15-13-6-16(12)4/h6H,5H2,1-4H3,(H,14,17). The zero-order chi connectivity index (χ0) is 14.0. The Morgan fingerprint density at radius 2 is 2.16 bits per heavy atom. The summed E-state index contributed by atoms with van der Waals surface area (Å²) in [6, 6.07) is 0. The molecule has 1 N–H and O–H groups in total. The molecule has 19 heavy (non-hydrogen) atoms. The third-order valence-electron chi connectivity index (χ3n) is 2.94. The van der Waals surface area contributed by atoms with Crippen molar-refractivity contribution in [1.29, 1.82) is 0 Å². The van der Waals surface area contributed by atoms with Gasteiger partial charge in [-0.15, -0.1) is 21.5 Å². The van der Waals surface area contributed by atoms with Crippen LogP contribution in [0, 0.1) is 20.8 Å². The van der Waals surface area contributed by atoms with Crippen molar-refractivity contribution in [3.8, 4) is 0 Å². The van der Waals surface area contributed by atoms with Crippen LogP contribution in [0.25, 0.3) is 0 Å². The summed E-state index contributed by atoms with van der Waals surface area (Å²) < 4.78 is 1.79. The highest BCUT2D eigenvalue weighted by Gasteiger charge is 2.12. The summed E-state index contributed by atoms with van der Waals surface area (Å²) in [7, 11) is 1.86. The first-order valence-electron chi connectivity index (χ1n) is 5.82. The molecule has 5 nitrogen and oxygen atoms in total. The number of hydrogen-bond donors (Lipinski definition) is 1. The van der Waals surface area contributed by atoms with Crippen molar-refractivity contribution >= 4 is 34.0 Å². The molecule has 0 fully saturated rings. The van der Waals surface area contributed by atoms with Gasteiger partial charge in [0.2, 0.25) is 5.91 Å². The van der Waals surface area contributed by atoms with E-state index in [1.165, 1.54) is 22.2 Å². The van der Waals surface area contributed by atoms with E-state index in [9.17, 15) is 4.79 Å². The smallest absolute Gasteiger partial charge is 0.235 e. The molecule has 0 saturated heterocycles. The first-order valence-corrected chi connectivity index (χ1v) is 7.62. The van der Waals surface area contributed by atoms with Gasteiger partial charge < -0.3 is 9.88 Å². The third kappa shape index (κ3) is 3.16. The summed E-state index contributed by atoms with van der Waals surface area (Å²) in [5.74, 6) is 0.319. The van der Waals surface area contributed by atoms with Gasteiger partial charge in [0.1, 0.15) is 6.33 Å². The highest BCUT2D eigenvalue weighted by Crippen LogP contribution is 2.31. The van der Waals surface area contributed by atoms with E-state index in [-0.39, 0.29) is 5.91 Å². The van der Waals surface area contributed by atoms with E-state index >= 15 is 0 Å². The topological polar surface area (TPSA) is 59.8 Å². The van der Waals surface area contributed by atoms with Crippen LogP contribution in [0.1, 0.15) is 16.0 Å². The summed E-state index contributed by atoms with van der Waals surface area (Å²) in [5, 5.41) is 12.3. The Labute approximate surface area is 120 Å². The van der Waals surface area contributed by atoms with Gasteiger partial charge in [0.15, 0.2) is 5.16 Å². The summed E-state index contributed by atoms with van der Waals surface area (Å²) >= 11 is 3.00. The number of thiophene rings is 1. The minimum Gasteiger partial charge on any atom is -0.317 e. The van der Waals surface area contributed by atoms with E-state index in [2.05, 4.69) is 29.4 Å². The van der Waals surface area contributed by atoms with Crippen LogP contribution in [0.2, 0.25) is 0 Å². The van der Waals surface area contributed by atoms with Gasteiger partial charge in [-0.1, -0.05) is 11.8 Å². The number of carbonyl (C=O) groups is 1. The highest BCUT2D eigenvalue weighted by atomic mass is 32.2. The van der Waals surface area contributed by atoms with Crippen molar-refractivity contribution in [2.75, 3.05) is 11.1 Å². The maximum atomic E-state index is 11.9. The van der Waals surface area contributed by atoms with Gasteiger partial charge in [0.25, 0.3) is 0 Å². The van der Waals surface area contributed by atoms with Crippen LogP contribution < -0.4 is 5.32 Å². The van der Waals surface area contributed by atoms with Gasteiger partial charge in [-0.3, -0.25) is 4.79 Å². The second-order valence-corrected chi connectivity index (χ2v) is 6.47. The number of rotatable bonds is 4. The Morgan fingerprint density at radius 1 is 1.42 bits per heavy atom. The van der Waals surface area contributed by atoms with E-state index in [4.69, 9.17) is 0 Å². The molecule has 2 heterocycles. The van der Waals surface area contributed by atoms with Crippen LogP contribution >= 0.6 is 23.1 Å². The molecule has 1 amide bonds. The lowest BCUT2D eigenvalue weighted by atomic mass is 10.2. The maximum Gasteiger partial charge on any atom is 0.235 e. The minimum absolute atomic E-state index is 0.0163. The van der Waals surface area contributed by atoms with E-state index in [0.29, 0.717) is 5.75 Å². The van der Waals surface area contributed by atoms with Gasteiger partial charge in [0, 0.05) is 11.9 Å². The number of thioether (sulfide) groups is 1. The summed E-state index contributed by atoms with van der Waals surface area (Å²) in [5.41, 5.74) is 2.40. The zero-order valence-corrected chi connectivity index (χ0v) is 13.0. The molecule has 7 heteroatoms. The molecule has 0 unspecified atom stereocenters. The molecule has 2 aromatic rings. The molecule has 0 bridgehead atoms. The molecule has 0 atom stereocenters. The van der Waals surface area contributed by atoms with E-state index in [0.717, 1.165) is 15.7 Å². The Hall–Kier alpha value is -1.34. The number of nitrogens with one attached hydrogen (secondary N) is 1. The quantitative estimate of drug-likeness (QED) is 0.881. The average molecular weight is 296 g/mol. The fourth-order valence-corrected chi connectivity index (χ4v) is 3.33. The Bertz CT molecular complexity index is 603. The van der Waals surface area contributed by atoms with Crippen molar-refractivity contribution in [2.24, 2.45) is 7.05 Å². The van der Waals surface area contributed by atoms with Gasteiger partial charge in [-0.05, 0) is 31.9 Å². The van der Waals surface area contributed by atoms with Crippen LogP contribution in [-0.4, -0.2) is 26.4 Å². The van der Waals surface area contributed by atoms with Gasteiger partial charge in [0.05, 0.1) is 10.8 Å². The SMILES string of the molecule is Cc1sc(NC(=O)CSc2nncn2C)c(C)c1C. The lowest BCUT2D eigenvalue weighted by Crippen LogP contribution is -2.14.